The monoisotopic (exact) mass is 177 g/mol. The van der Waals surface area contributed by atoms with Crippen LogP contribution in [-0.4, -0.2) is 22.4 Å². The molecule has 0 aromatic rings. The Morgan fingerprint density at radius 3 is 1.67 bits per heavy atom. The van der Waals surface area contributed by atoms with E-state index in [1.165, 1.54) is 0 Å². The number of carboxylic acids is 1. The first-order valence-corrected chi connectivity index (χ1v) is 3.88. The maximum atomic E-state index is 10.0. The van der Waals surface area contributed by atoms with Gasteiger partial charge in [-0.25, -0.2) is 0 Å². The van der Waals surface area contributed by atoms with Gasteiger partial charge in [0.2, 0.25) is 0 Å². The molecule has 4 heteroatoms. The predicted molar refractivity (Wildman–Crippen MR) is 47.6 cm³/mol. The predicted octanol–water partition coefficient (Wildman–Crippen LogP) is 0.791. The van der Waals surface area contributed by atoms with Crippen molar-refractivity contribution in [2.45, 2.75) is 40.3 Å². The maximum Gasteiger partial charge on any atom is 0.308 e. The van der Waals surface area contributed by atoms with Gasteiger partial charge in [-0.15, -0.1) is 0 Å². The first-order valence-electron chi connectivity index (χ1n) is 3.88. The Bertz CT molecular complexity index is 127. The number of nitrogens with two attached hydrogens (primary N) is 1. The molecular formula is C8H19NO3. The van der Waals surface area contributed by atoms with E-state index < -0.39 is 17.6 Å². The van der Waals surface area contributed by atoms with Crippen LogP contribution in [-0.2, 0) is 4.79 Å². The maximum absolute atomic E-state index is 10.0. The highest BCUT2D eigenvalue weighted by molar-refractivity contribution is 5.72. The van der Waals surface area contributed by atoms with Crippen LogP contribution in [0.15, 0.2) is 0 Å². The molecule has 0 aromatic carbocycles. The highest BCUT2D eigenvalue weighted by Gasteiger charge is 2.18. The lowest BCUT2D eigenvalue weighted by atomic mass is 9.98. The third-order valence-electron chi connectivity index (χ3n) is 1.06. The van der Waals surface area contributed by atoms with Gasteiger partial charge in [-0.3, -0.25) is 4.79 Å². The van der Waals surface area contributed by atoms with Crippen molar-refractivity contribution >= 4 is 5.97 Å². The van der Waals surface area contributed by atoms with Crippen LogP contribution in [0.5, 0.6) is 0 Å². The van der Waals surface area contributed by atoms with E-state index in [0.717, 1.165) is 0 Å². The molecule has 0 aliphatic rings. The number of aliphatic hydroxyl groups excluding tert-OH is 1. The zero-order valence-electron chi connectivity index (χ0n) is 8.16. The molecule has 0 aromatic heterocycles. The third kappa shape index (κ3) is 12.1. The van der Waals surface area contributed by atoms with Crippen molar-refractivity contribution in [1.29, 1.82) is 0 Å². The number of aliphatic carboxylic acids is 1. The van der Waals surface area contributed by atoms with Crippen molar-refractivity contribution in [2.75, 3.05) is 0 Å². The van der Waals surface area contributed by atoms with Gasteiger partial charge in [-0.1, -0.05) is 6.92 Å². The second-order valence-corrected chi connectivity index (χ2v) is 3.53. The lowest BCUT2D eigenvalue weighted by molar-refractivity contribution is -0.145. The van der Waals surface area contributed by atoms with Crippen LogP contribution in [0.1, 0.15) is 34.1 Å². The Morgan fingerprint density at radius 2 is 1.67 bits per heavy atom. The molecular weight excluding hydrogens is 158 g/mol. The van der Waals surface area contributed by atoms with E-state index in [9.17, 15) is 4.79 Å². The Hall–Kier alpha value is -0.610. The molecule has 0 heterocycles. The van der Waals surface area contributed by atoms with Crippen LogP contribution in [0, 0.1) is 5.41 Å². The zero-order valence-corrected chi connectivity index (χ0v) is 8.16. The van der Waals surface area contributed by atoms with Crippen molar-refractivity contribution in [2.24, 2.45) is 11.1 Å². The molecule has 12 heavy (non-hydrogen) atoms. The van der Waals surface area contributed by atoms with E-state index >= 15 is 0 Å². The highest BCUT2D eigenvalue weighted by atomic mass is 16.4. The van der Waals surface area contributed by atoms with E-state index in [1.54, 1.807) is 20.8 Å². The molecule has 0 saturated carbocycles. The molecule has 0 fully saturated rings. The lowest BCUT2D eigenvalue weighted by Gasteiger charge is -2.08. The molecule has 0 saturated heterocycles. The number of aliphatic hydroxyl groups is 1. The van der Waals surface area contributed by atoms with E-state index in [4.69, 9.17) is 15.9 Å². The fourth-order valence-electron chi connectivity index (χ4n) is 0. The molecule has 0 aliphatic carbocycles. The molecule has 4 nitrogen and oxygen atoms in total. The molecule has 0 bridgehead atoms. The van der Waals surface area contributed by atoms with Gasteiger partial charge in [0.25, 0.3) is 0 Å². The van der Waals surface area contributed by atoms with Crippen LogP contribution in [0.25, 0.3) is 0 Å². The quantitative estimate of drug-likeness (QED) is 0.517. The van der Waals surface area contributed by atoms with E-state index in [1.807, 2.05) is 6.92 Å². The van der Waals surface area contributed by atoms with Crippen molar-refractivity contribution in [3.8, 4) is 0 Å². The van der Waals surface area contributed by atoms with Gasteiger partial charge in [-0.2, -0.15) is 0 Å². The molecule has 0 radical (unpaired) electrons. The van der Waals surface area contributed by atoms with Gasteiger partial charge in [0.05, 0.1) is 5.41 Å². The summed E-state index contributed by atoms with van der Waals surface area (Å²) in [5.74, 6) is -0.757. The van der Waals surface area contributed by atoms with Gasteiger partial charge in [0, 0.05) is 0 Å². The summed E-state index contributed by atoms with van der Waals surface area (Å²) in [6.07, 6.45) is 0.0231. The van der Waals surface area contributed by atoms with Gasteiger partial charge >= 0.3 is 5.97 Å². The fraction of sp³-hybridized carbons (Fsp3) is 0.875. The number of hydrogen-bond acceptors (Lipinski definition) is 3. The SMILES string of the molecule is CC(C)(C)C(=O)O.CCC(N)O. The lowest BCUT2D eigenvalue weighted by Crippen LogP contribution is -2.18. The van der Waals surface area contributed by atoms with Crippen molar-refractivity contribution in [1.82, 2.24) is 0 Å². The molecule has 0 aliphatic heterocycles. The summed E-state index contributed by atoms with van der Waals surface area (Å²) in [6, 6.07) is 0. The smallest absolute Gasteiger partial charge is 0.308 e. The second kappa shape index (κ2) is 5.97. The minimum atomic E-state index is -0.757. The normalized spacial score (nSPS) is 12.8. The van der Waals surface area contributed by atoms with Crippen LogP contribution >= 0.6 is 0 Å². The van der Waals surface area contributed by atoms with E-state index in [-0.39, 0.29) is 0 Å². The molecule has 0 spiro atoms. The minimum Gasteiger partial charge on any atom is -0.481 e. The summed E-state index contributed by atoms with van der Waals surface area (Å²) in [7, 11) is 0. The van der Waals surface area contributed by atoms with Crippen LogP contribution in [0.3, 0.4) is 0 Å². The molecule has 74 valence electrons. The van der Waals surface area contributed by atoms with Crippen molar-refractivity contribution in [3.63, 3.8) is 0 Å². The summed E-state index contributed by atoms with van der Waals surface area (Å²) in [5, 5.41) is 16.4. The van der Waals surface area contributed by atoms with E-state index in [2.05, 4.69) is 0 Å². The van der Waals surface area contributed by atoms with Crippen LogP contribution in [0.4, 0.5) is 0 Å². The van der Waals surface area contributed by atoms with Gasteiger partial charge in [0.15, 0.2) is 0 Å². The summed E-state index contributed by atoms with van der Waals surface area (Å²) in [5.41, 5.74) is 4.26. The van der Waals surface area contributed by atoms with Gasteiger partial charge < -0.3 is 15.9 Å². The highest BCUT2D eigenvalue weighted by Crippen LogP contribution is 2.11. The first-order chi connectivity index (χ1) is 5.21. The average molecular weight is 177 g/mol. The molecule has 1 atom stereocenters. The van der Waals surface area contributed by atoms with E-state index in [0.29, 0.717) is 6.42 Å². The Labute approximate surface area is 73.4 Å². The molecule has 0 amide bonds. The van der Waals surface area contributed by atoms with Crippen molar-refractivity contribution in [3.05, 3.63) is 0 Å². The van der Waals surface area contributed by atoms with Crippen LogP contribution < -0.4 is 5.73 Å². The van der Waals surface area contributed by atoms with Gasteiger partial charge in [0.1, 0.15) is 6.23 Å². The number of carbonyl (C=O) groups is 1. The summed E-state index contributed by atoms with van der Waals surface area (Å²) >= 11 is 0. The van der Waals surface area contributed by atoms with Crippen molar-refractivity contribution < 1.29 is 15.0 Å². The number of carboxylic acid groups (broad SMARTS) is 1. The largest absolute Gasteiger partial charge is 0.481 e. The average Bonchev–Trinajstić information content (AvgIpc) is 1.87. The first kappa shape index (κ1) is 13.9. The molecule has 0 rings (SSSR count). The Balaban J connectivity index is 0. The summed E-state index contributed by atoms with van der Waals surface area (Å²) in [4.78, 5) is 10.0. The Kier molecular flexibility index (Phi) is 6.94. The second-order valence-electron chi connectivity index (χ2n) is 3.53. The minimum absolute atomic E-state index is 0.583. The van der Waals surface area contributed by atoms with Crippen LogP contribution in [0.2, 0.25) is 0 Å². The van der Waals surface area contributed by atoms with Gasteiger partial charge in [-0.05, 0) is 27.2 Å². The number of hydrogen-bond donors (Lipinski definition) is 3. The standard InChI is InChI=1S/C5H10O2.C3H9NO/c1-5(2,3)4(6)7;1-2-3(4)5/h1-3H3,(H,6,7);3,5H,2,4H2,1H3. The topological polar surface area (TPSA) is 83.5 Å². The Morgan fingerprint density at radius 1 is 1.50 bits per heavy atom. The summed E-state index contributed by atoms with van der Waals surface area (Å²) < 4.78 is 0. The zero-order chi connectivity index (χ0) is 10.4. The third-order valence-corrected chi connectivity index (χ3v) is 1.06. The molecule has 1 unspecified atom stereocenters. The fourth-order valence-corrected chi connectivity index (χ4v) is 0. The number of rotatable bonds is 1. The summed E-state index contributed by atoms with van der Waals surface area (Å²) in [6.45, 7) is 6.81. The molecule has 4 N–H and O–H groups in total.